The number of hydrogen-bond donors (Lipinski definition) is 2. The highest BCUT2D eigenvalue weighted by atomic mass is 35.5. The van der Waals surface area contributed by atoms with E-state index in [1.807, 2.05) is 12.1 Å². The molecule has 0 heterocycles. The zero-order chi connectivity index (χ0) is 12.8. The molecule has 0 fully saturated rings. The van der Waals surface area contributed by atoms with Crippen LogP contribution in [-0.4, -0.2) is 35.6 Å². The zero-order valence-electron chi connectivity index (χ0n) is 9.31. The minimum Gasteiger partial charge on any atom is -0.480 e. The van der Waals surface area contributed by atoms with Crippen molar-refractivity contribution < 1.29 is 14.7 Å². The minimum atomic E-state index is -1.07. The lowest BCUT2D eigenvalue weighted by molar-refractivity contribution is -0.135. The van der Waals surface area contributed by atoms with Crippen LogP contribution in [0.1, 0.15) is 5.56 Å². The van der Waals surface area contributed by atoms with Gasteiger partial charge < -0.3 is 15.3 Å². The van der Waals surface area contributed by atoms with Crippen LogP contribution >= 0.6 is 11.6 Å². The van der Waals surface area contributed by atoms with Crippen molar-refractivity contribution in [2.45, 2.75) is 6.54 Å². The highest BCUT2D eigenvalue weighted by molar-refractivity contribution is 6.30. The predicted octanol–water partition coefficient (Wildman–Crippen LogP) is 1.57. The molecular formula is C11H13ClN2O3. The molecule has 0 aliphatic heterocycles. The maximum atomic E-state index is 11.4. The number of hydrogen-bond acceptors (Lipinski definition) is 2. The van der Waals surface area contributed by atoms with E-state index >= 15 is 0 Å². The molecule has 0 saturated carbocycles. The Morgan fingerprint density at radius 2 is 1.94 bits per heavy atom. The van der Waals surface area contributed by atoms with E-state index in [2.05, 4.69) is 5.32 Å². The van der Waals surface area contributed by atoms with Crippen molar-refractivity contribution >= 4 is 23.6 Å². The first-order chi connectivity index (χ1) is 7.99. The van der Waals surface area contributed by atoms with E-state index in [9.17, 15) is 9.59 Å². The van der Waals surface area contributed by atoms with E-state index in [1.165, 1.54) is 4.90 Å². The largest absolute Gasteiger partial charge is 0.480 e. The topological polar surface area (TPSA) is 69.6 Å². The number of nitrogens with zero attached hydrogens (tertiary/aromatic N) is 1. The van der Waals surface area contributed by atoms with Crippen LogP contribution in [0.15, 0.2) is 24.3 Å². The molecule has 2 N–H and O–H groups in total. The summed E-state index contributed by atoms with van der Waals surface area (Å²) in [4.78, 5) is 23.1. The standard InChI is InChI=1S/C11H13ClN2O3/c1-14(11(17)13-6-10(15)16)7-8-2-4-9(12)5-3-8/h2-5H,6-7H2,1H3,(H,13,17)(H,15,16). The van der Waals surface area contributed by atoms with Crippen LogP contribution in [0.5, 0.6) is 0 Å². The van der Waals surface area contributed by atoms with E-state index in [4.69, 9.17) is 16.7 Å². The van der Waals surface area contributed by atoms with Crippen molar-refractivity contribution in [1.29, 1.82) is 0 Å². The molecule has 17 heavy (non-hydrogen) atoms. The molecule has 1 aromatic rings. The average Bonchev–Trinajstić information content (AvgIpc) is 2.28. The molecule has 0 spiro atoms. The Labute approximate surface area is 104 Å². The number of carboxylic acid groups (broad SMARTS) is 1. The summed E-state index contributed by atoms with van der Waals surface area (Å²) in [6.07, 6.45) is 0. The first-order valence-electron chi connectivity index (χ1n) is 4.94. The van der Waals surface area contributed by atoms with Crippen LogP contribution in [0.4, 0.5) is 4.79 Å². The number of carbonyl (C=O) groups excluding carboxylic acids is 1. The second-order valence-corrected chi connectivity index (χ2v) is 3.97. The number of halogens is 1. The van der Waals surface area contributed by atoms with E-state index in [0.29, 0.717) is 11.6 Å². The van der Waals surface area contributed by atoms with Gasteiger partial charge >= 0.3 is 12.0 Å². The fourth-order valence-corrected chi connectivity index (χ4v) is 1.35. The lowest BCUT2D eigenvalue weighted by Gasteiger charge is -2.17. The molecule has 0 aliphatic carbocycles. The monoisotopic (exact) mass is 256 g/mol. The van der Waals surface area contributed by atoms with Crippen molar-refractivity contribution in [2.24, 2.45) is 0 Å². The smallest absolute Gasteiger partial charge is 0.323 e. The number of benzene rings is 1. The molecule has 92 valence electrons. The van der Waals surface area contributed by atoms with E-state index in [0.717, 1.165) is 5.56 Å². The molecule has 0 saturated heterocycles. The number of aliphatic carboxylic acids is 1. The second-order valence-electron chi connectivity index (χ2n) is 3.53. The van der Waals surface area contributed by atoms with Gasteiger partial charge in [0.1, 0.15) is 6.54 Å². The van der Waals surface area contributed by atoms with Crippen LogP contribution in [0.2, 0.25) is 5.02 Å². The van der Waals surface area contributed by atoms with E-state index in [1.54, 1.807) is 19.2 Å². The maximum Gasteiger partial charge on any atom is 0.323 e. The normalized spacial score (nSPS) is 9.76. The molecular weight excluding hydrogens is 244 g/mol. The molecule has 0 unspecified atom stereocenters. The van der Waals surface area contributed by atoms with Crippen LogP contribution < -0.4 is 5.32 Å². The minimum absolute atomic E-state index is 0.385. The molecule has 0 bridgehead atoms. The maximum absolute atomic E-state index is 11.4. The highest BCUT2D eigenvalue weighted by Gasteiger charge is 2.09. The summed E-state index contributed by atoms with van der Waals surface area (Å²) >= 11 is 5.74. The lowest BCUT2D eigenvalue weighted by Crippen LogP contribution is -2.39. The average molecular weight is 257 g/mol. The fourth-order valence-electron chi connectivity index (χ4n) is 1.22. The van der Waals surface area contributed by atoms with Crippen LogP contribution in [0, 0.1) is 0 Å². The third-order valence-corrected chi connectivity index (χ3v) is 2.32. The first-order valence-corrected chi connectivity index (χ1v) is 5.32. The fraction of sp³-hybridized carbons (Fsp3) is 0.273. The molecule has 6 heteroatoms. The zero-order valence-corrected chi connectivity index (χ0v) is 10.1. The summed E-state index contributed by atoms with van der Waals surface area (Å²) in [5.74, 6) is -1.07. The van der Waals surface area contributed by atoms with Crippen molar-refractivity contribution in [1.82, 2.24) is 10.2 Å². The van der Waals surface area contributed by atoms with Gasteiger partial charge in [-0.2, -0.15) is 0 Å². The van der Waals surface area contributed by atoms with Gasteiger partial charge in [-0.3, -0.25) is 4.79 Å². The van der Waals surface area contributed by atoms with Gasteiger partial charge in [0.25, 0.3) is 0 Å². The predicted molar refractivity (Wildman–Crippen MR) is 64.0 cm³/mol. The molecule has 1 rings (SSSR count). The van der Waals surface area contributed by atoms with Gasteiger partial charge in [0.15, 0.2) is 0 Å². The third-order valence-electron chi connectivity index (χ3n) is 2.07. The lowest BCUT2D eigenvalue weighted by atomic mass is 10.2. The van der Waals surface area contributed by atoms with Crippen LogP contribution in [-0.2, 0) is 11.3 Å². The molecule has 0 aromatic heterocycles. The molecule has 0 radical (unpaired) electrons. The molecule has 0 atom stereocenters. The SMILES string of the molecule is CN(Cc1ccc(Cl)cc1)C(=O)NCC(=O)O. The van der Waals surface area contributed by atoms with Gasteiger partial charge in [0.05, 0.1) is 0 Å². The quantitative estimate of drug-likeness (QED) is 0.859. The van der Waals surface area contributed by atoms with Gasteiger partial charge in [-0.05, 0) is 17.7 Å². The Hall–Kier alpha value is -1.75. The summed E-state index contributed by atoms with van der Waals surface area (Å²) in [5.41, 5.74) is 0.919. The summed E-state index contributed by atoms with van der Waals surface area (Å²) in [7, 11) is 1.59. The Balaban J connectivity index is 2.48. The van der Waals surface area contributed by atoms with Crippen molar-refractivity contribution in [3.05, 3.63) is 34.9 Å². The van der Waals surface area contributed by atoms with Crippen molar-refractivity contribution in [3.8, 4) is 0 Å². The molecule has 2 amide bonds. The molecule has 5 nitrogen and oxygen atoms in total. The van der Waals surface area contributed by atoms with Crippen LogP contribution in [0.3, 0.4) is 0 Å². The summed E-state index contributed by atoms with van der Waals surface area (Å²) in [6.45, 7) is 0.00636. The Morgan fingerprint density at radius 1 is 1.35 bits per heavy atom. The Morgan fingerprint density at radius 3 is 2.47 bits per heavy atom. The van der Waals surface area contributed by atoms with Gasteiger partial charge in [0, 0.05) is 18.6 Å². The first kappa shape index (κ1) is 13.3. The van der Waals surface area contributed by atoms with E-state index < -0.39 is 12.0 Å². The highest BCUT2D eigenvalue weighted by Crippen LogP contribution is 2.10. The number of carbonyl (C=O) groups is 2. The summed E-state index contributed by atoms with van der Waals surface area (Å²) in [5, 5.41) is 11.3. The van der Waals surface area contributed by atoms with Gasteiger partial charge in [-0.1, -0.05) is 23.7 Å². The number of urea groups is 1. The van der Waals surface area contributed by atoms with Crippen molar-refractivity contribution in [3.63, 3.8) is 0 Å². The molecule has 1 aromatic carbocycles. The van der Waals surface area contributed by atoms with Crippen molar-refractivity contribution in [2.75, 3.05) is 13.6 Å². The van der Waals surface area contributed by atoms with Gasteiger partial charge in [0.2, 0.25) is 0 Å². The van der Waals surface area contributed by atoms with Gasteiger partial charge in [-0.25, -0.2) is 4.79 Å². The Kier molecular flexibility index (Phi) is 4.78. The summed E-state index contributed by atoms with van der Waals surface area (Å²) in [6, 6.07) is 6.66. The number of amides is 2. The number of rotatable bonds is 4. The van der Waals surface area contributed by atoms with Gasteiger partial charge in [-0.15, -0.1) is 0 Å². The van der Waals surface area contributed by atoms with E-state index in [-0.39, 0.29) is 6.54 Å². The Bertz CT molecular complexity index is 406. The third kappa shape index (κ3) is 4.74. The number of carboxylic acids is 1. The second kappa shape index (κ2) is 6.10. The van der Waals surface area contributed by atoms with Crippen LogP contribution in [0.25, 0.3) is 0 Å². The summed E-state index contributed by atoms with van der Waals surface area (Å²) < 4.78 is 0. The number of nitrogens with one attached hydrogen (secondary N) is 1. The molecule has 0 aliphatic rings.